The molecule has 1 aliphatic rings. The molecule has 1 atom stereocenters. The van der Waals surface area contributed by atoms with E-state index >= 15 is 0 Å². The lowest BCUT2D eigenvalue weighted by molar-refractivity contribution is -0.107. The van der Waals surface area contributed by atoms with Gasteiger partial charge in [0.15, 0.2) is 5.78 Å². The summed E-state index contributed by atoms with van der Waals surface area (Å²) in [4.78, 5) is 22.3. The smallest absolute Gasteiger partial charge is 0.166 e. The number of fused-ring (bicyclic) bond motifs is 1. The highest BCUT2D eigenvalue weighted by Crippen LogP contribution is 2.30. The number of hydrogen-bond donors (Lipinski definition) is 2. The average Bonchev–Trinajstić information content (AvgIpc) is 2.78. The van der Waals surface area contributed by atoms with Crippen molar-refractivity contribution in [2.75, 3.05) is 20.8 Å². The van der Waals surface area contributed by atoms with Crippen LogP contribution in [0.1, 0.15) is 47.2 Å². The number of aldehydes is 1. The van der Waals surface area contributed by atoms with Crippen LogP contribution >= 0.6 is 0 Å². The quantitative estimate of drug-likeness (QED) is 0.548. The van der Waals surface area contributed by atoms with Gasteiger partial charge in [0.05, 0.1) is 7.11 Å². The first-order valence-electron chi connectivity index (χ1n) is 10.0. The minimum atomic E-state index is 0.192. The molecule has 1 aliphatic carbocycles. The molecule has 0 fully saturated rings. The second kappa shape index (κ2) is 14.5. The molecule has 0 bridgehead atoms. The van der Waals surface area contributed by atoms with Crippen molar-refractivity contribution in [2.24, 2.45) is 11.7 Å². The first kappa shape index (κ1) is 24.5. The Morgan fingerprint density at radius 1 is 1.14 bits per heavy atom. The van der Waals surface area contributed by atoms with Crippen LogP contribution in [-0.4, -0.2) is 37.9 Å². The summed E-state index contributed by atoms with van der Waals surface area (Å²) in [5.41, 5.74) is 8.59. The van der Waals surface area contributed by atoms with Gasteiger partial charge in [0.25, 0.3) is 0 Å². The third-order valence-electron chi connectivity index (χ3n) is 4.88. The molecule has 2 aromatic carbocycles. The lowest BCUT2D eigenvalue weighted by Gasteiger charge is -2.23. The lowest BCUT2D eigenvalue weighted by atomic mass is 9.80. The van der Waals surface area contributed by atoms with Crippen molar-refractivity contribution in [3.05, 3.63) is 65.2 Å². The average molecular weight is 400 g/mol. The Kier molecular flexibility index (Phi) is 12.3. The van der Waals surface area contributed by atoms with Crippen LogP contribution in [0.4, 0.5) is 0 Å². The topological polar surface area (TPSA) is 89.6 Å². The number of aliphatic hydroxyl groups is 1. The monoisotopic (exact) mass is 399 g/mol. The van der Waals surface area contributed by atoms with Crippen molar-refractivity contribution in [1.29, 1.82) is 0 Å². The van der Waals surface area contributed by atoms with Gasteiger partial charge < -0.3 is 20.4 Å². The molecule has 0 aromatic heterocycles. The number of nitrogens with two attached hydrogens (primary N) is 1. The molecule has 2 aromatic rings. The highest BCUT2D eigenvalue weighted by atomic mass is 16.5. The molecule has 0 spiro atoms. The molecule has 0 amide bonds. The molecule has 0 aliphatic heterocycles. The number of aliphatic hydroxyl groups excluding tert-OH is 1. The normalized spacial score (nSPS) is 14.5. The van der Waals surface area contributed by atoms with Crippen LogP contribution < -0.4 is 10.5 Å². The van der Waals surface area contributed by atoms with Gasteiger partial charge in [0, 0.05) is 25.0 Å². The number of carbonyl (C=O) groups excluding carboxylic acids is 2. The number of ketones is 1. The third-order valence-corrected chi connectivity index (χ3v) is 4.88. The molecule has 3 N–H and O–H groups in total. The Bertz CT molecular complexity index is 731. The van der Waals surface area contributed by atoms with E-state index in [0.717, 1.165) is 67.9 Å². The summed E-state index contributed by atoms with van der Waals surface area (Å²) in [6, 6.07) is 15.4. The second-order valence-electron chi connectivity index (χ2n) is 6.76. The Labute approximate surface area is 173 Å². The first-order chi connectivity index (χ1) is 14.2. The lowest BCUT2D eigenvalue weighted by Crippen LogP contribution is -2.22. The number of ether oxygens (including phenoxy) is 1. The third kappa shape index (κ3) is 8.18. The van der Waals surface area contributed by atoms with Gasteiger partial charge in [-0.15, -0.1) is 0 Å². The molecule has 5 nitrogen and oxygen atoms in total. The summed E-state index contributed by atoms with van der Waals surface area (Å²) in [7, 11) is 2.65. The van der Waals surface area contributed by atoms with Gasteiger partial charge in [0.2, 0.25) is 0 Å². The number of Topliss-reactive ketones (excluding diaryl/α,β-unsaturated/α-hetero) is 1. The number of hydrogen-bond acceptors (Lipinski definition) is 5. The zero-order valence-electron chi connectivity index (χ0n) is 17.5. The molecule has 5 heteroatoms. The van der Waals surface area contributed by atoms with Crippen LogP contribution in [0.15, 0.2) is 48.5 Å². The maximum atomic E-state index is 12.3. The van der Waals surface area contributed by atoms with Gasteiger partial charge in [-0.25, -0.2) is 0 Å². The van der Waals surface area contributed by atoms with Crippen LogP contribution in [0.5, 0.6) is 5.75 Å². The van der Waals surface area contributed by atoms with E-state index in [1.807, 2.05) is 48.5 Å². The Morgan fingerprint density at radius 3 is 2.48 bits per heavy atom. The van der Waals surface area contributed by atoms with Crippen LogP contribution in [-0.2, 0) is 17.6 Å². The van der Waals surface area contributed by atoms with Crippen molar-refractivity contribution in [3.8, 4) is 5.75 Å². The highest BCUT2D eigenvalue weighted by Gasteiger charge is 2.26. The molecule has 3 rings (SSSR count). The van der Waals surface area contributed by atoms with Crippen molar-refractivity contribution in [3.63, 3.8) is 0 Å². The van der Waals surface area contributed by atoms with Gasteiger partial charge in [-0.05, 0) is 61.6 Å². The number of carbonyl (C=O) groups is 2. The molecular formula is C24H33NO4. The summed E-state index contributed by atoms with van der Waals surface area (Å²) >= 11 is 0. The van der Waals surface area contributed by atoms with E-state index in [2.05, 4.69) is 0 Å². The minimum Gasteiger partial charge on any atom is -0.497 e. The van der Waals surface area contributed by atoms with Crippen molar-refractivity contribution in [2.45, 2.75) is 38.5 Å². The van der Waals surface area contributed by atoms with E-state index in [0.29, 0.717) is 18.7 Å². The standard InChI is InChI=1S/C15H21NO2.C8H8O.CH4O/c1-18-13-7-8-14-12(10-13)6-5-11(15(14)17)4-2-3-9-16;9-7-6-8-4-2-1-3-5-8;1-2/h7-8,10-11H,2-6,9,16H2,1H3;1-5,7H,6H2;2H,1H3. The summed E-state index contributed by atoms with van der Waals surface area (Å²) in [5, 5.41) is 7.00. The van der Waals surface area contributed by atoms with Crippen LogP contribution in [0, 0.1) is 5.92 Å². The number of aryl methyl sites for hydroxylation is 1. The first-order valence-corrected chi connectivity index (χ1v) is 10.0. The molecule has 1 unspecified atom stereocenters. The van der Waals surface area contributed by atoms with E-state index in [-0.39, 0.29) is 5.92 Å². The van der Waals surface area contributed by atoms with Gasteiger partial charge in [-0.3, -0.25) is 4.79 Å². The second-order valence-corrected chi connectivity index (χ2v) is 6.76. The van der Waals surface area contributed by atoms with E-state index in [1.165, 1.54) is 0 Å². The highest BCUT2D eigenvalue weighted by molar-refractivity contribution is 6.00. The molecule has 29 heavy (non-hydrogen) atoms. The minimum absolute atomic E-state index is 0.192. The SMILES string of the molecule is CO.COc1ccc2c(c1)CCC(CCCCN)C2=O.O=CCc1ccccc1. The maximum absolute atomic E-state index is 12.3. The largest absolute Gasteiger partial charge is 0.497 e. The summed E-state index contributed by atoms with van der Waals surface area (Å²) in [6.45, 7) is 0.717. The molecule has 158 valence electrons. The van der Waals surface area contributed by atoms with E-state index in [4.69, 9.17) is 15.6 Å². The number of methoxy groups -OCH3 is 1. The van der Waals surface area contributed by atoms with Gasteiger partial charge >= 0.3 is 0 Å². The molecule has 0 radical (unpaired) electrons. The predicted molar refractivity (Wildman–Crippen MR) is 116 cm³/mol. The van der Waals surface area contributed by atoms with E-state index < -0.39 is 0 Å². The molecule has 0 saturated carbocycles. The zero-order valence-corrected chi connectivity index (χ0v) is 17.5. The number of rotatable bonds is 7. The Hall–Kier alpha value is -2.50. The Balaban J connectivity index is 0.000000321. The molecule has 0 saturated heterocycles. The van der Waals surface area contributed by atoms with Crippen LogP contribution in [0.3, 0.4) is 0 Å². The van der Waals surface area contributed by atoms with Gasteiger partial charge in [0.1, 0.15) is 12.0 Å². The number of unbranched alkanes of at least 4 members (excludes halogenated alkanes) is 1. The van der Waals surface area contributed by atoms with Crippen LogP contribution in [0.2, 0.25) is 0 Å². The Morgan fingerprint density at radius 2 is 1.86 bits per heavy atom. The van der Waals surface area contributed by atoms with Crippen molar-refractivity contribution in [1.82, 2.24) is 0 Å². The molecule has 0 heterocycles. The fraction of sp³-hybridized carbons (Fsp3) is 0.417. The van der Waals surface area contributed by atoms with Crippen LogP contribution in [0.25, 0.3) is 0 Å². The summed E-state index contributed by atoms with van der Waals surface area (Å²) in [6.07, 6.45) is 6.42. The summed E-state index contributed by atoms with van der Waals surface area (Å²) in [5.74, 6) is 1.33. The van der Waals surface area contributed by atoms with E-state index in [1.54, 1.807) is 7.11 Å². The fourth-order valence-electron chi connectivity index (χ4n) is 3.35. The number of benzene rings is 2. The summed E-state index contributed by atoms with van der Waals surface area (Å²) < 4.78 is 5.20. The van der Waals surface area contributed by atoms with Crippen molar-refractivity contribution >= 4 is 12.1 Å². The van der Waals surface area contributed by atoms with Gasteiger partial charge in [-0.2, -0.15) is 0 Å². The zero-order chi connectivity index (χ0) is 21.5. The molecular weight excluding hydrogens is 366 g/mol. The predicted octanol–water partition coefficient (Wildman–Crippen LogP) is 3.61. The fourth-order valence-corrected chi connectivity index (χ4v) is 3.35. The van der Waals surface area contributed by atoms with Crippen molar-refractivity contribution < 1.29 is 19.4 Å². The van der Waals surface area contributed by atoms with Gasteiger partial charge in [-0.1, -0.05) is 36.8 Å². The van der Waals surface area contributed by atoms with E-state index in [9.17, 15) is 9.59 Å². The maximum Gasteiger partial charge on any atom is 0.166 e.